The van der Waals surface area contributed by atoms with E-state index in [0.717, 1.165) is 30.4 Å². The predicted molar refractivity (Wildman–Crippen MR) is 57.6 cm³/mol. The molecule has 0 unspecified atom stereocenters. The van der Waals surface area contributed by atoms with Crippen LogP contribution < -0.4 is 5.73 Å². The van der Waals surface area contributed by atoms with Crippen LogP contribution in [-0.4, -0.2) is 0 Å². The molecule has 2 heteroatoms. The molecule has 0 bridgehead atoms. The van der Waals surface area contributed by atoms with Gasteiger partial charge in [0.1, 0.15) is 5.82 Å². The van der Waals surface area contributed by atoms with E-state index in [-0.39, 0.29) is 11.9 Å². The number of rotatable bonds is 4. The van der Waals surface area contributed by atoms with Gasteiger partial charge in [0.05, 0.1) is 0 Å². The van der Waals surface area contributed by atoms with E-state index in [4.69, 9.17) is 5.73 Å². The fraction of sp³-hybridized carbons (Fsp3) is 0.500. The van der Waals surface area contributed by atoms with Crippen LogP contribution in [0, 0.1) is 12.7 Å². The largest absolute Gasteiger partial charge is 0.324 e. The summed E-state index contributed by atoms with van der Waals surface area (Å²) in [5.74, 6) is -0.197. The van der Waals surface area contributed by atoms with Gasteiger partial charge in [0, 0.05) is 6.04 Å². The molecular formula is C12H18FN. The molecular weight excluding hydrogens is 177 g/mol. The Hall–Kier alpha value is -0.890. The van der Waals surface area contributed by atoms with E-state index in [1.807, 2.05) is 6.92 Å². The summed E-state index contributed by atoms with van der Waals surface area (Å²) in [7, 11) is 0. The van der Waals surface area contributed by atoms with Gasteiger partial charge in [-0.05, 0) is 36.6 Å². The summed E-state index contributed by atoms with van der Waals surface area (Å²) in [6.07, 6.45) is 3.15. The topological polar surface area (TPSA) is 26.0 Å². The van der Waals surface area contributed by atoms with Crippen molar-refractivity contribution < 1.29 is 4.39 Å². The minimum atomic E-state index is -0.197. The lowest BCUT2D eigenvalue weighted by Gasteiger charge is -2.14. The number of hydrogen-bond donors (Lipinski definition) is 1. The Morgan fingerprint density at radius 2 is 2.14 bits per heavy atom. The van der Waals surface area contributed by atoms with E-state index in [1.54, 1.807) is 12.1 Å². The van der Waals surface area contributed by atoms with E-state index in [2.05, 4.69) is 6.92 Å². The summed E-state index contributed by atoms with van der Waals surface area (Å²) < 4.78 is 13.0. The van der Waals surface area contributed by atoms with Crippen molar-refractivity contribution in [3.63, 3.8) is 0 Å². The fourth-order valence-corrected chi connectivity index (χ4v) is 1.59. The summed E-state index contributed by atoms with van der Waals surface area (Å²) in [4.78, 5) is 0. The molecule has 0 aliphatic carbocycles. The summed E-state index contributed by atoms with van der Waals surface area (Å²) in [6, 6.07) is 4.79. The molecule has 0 aliphatic rings. The van der Waals surface area contributed by atoms with Crippen LogP contribution in [0.5, 0.6) is 0 Å². The molecule has 1 rings (SSSR count). The molecule has 14 heavy (non-hydrogen) atoms. The monoisotopic (exact) mass is 195 g/mol. The molecule has 0 fully saturated rings. The summed E-state index contributed by atoms with van der Waals surface area (Å²) in [6.45, 7) is 4.10. The second-order valence-corrected chi connectivity index (χ2v) is 3.75. The summed E-state index contributed by atoms with van der Waals surface area (Å²) in [5.41, 5.74) is 8.01. The standard InChI is InChI=1S/C12H18FN/c1-3-4-5-12(14)11-8-10(13)7-6-9(11)2/h6-8,12H,3-5,14H2,1-2H3/t12-/m0/s1. The van der Waals surface area contributed by atoms with Gasteiger partial charge in [0.2, 0.25) is 0 Å². The molecule has 0 aromatic heterocycles. The Morgan fingerprint density at radius 1 is 1.43 bits per heavy atom. The van der Waals surface area contributed by atoms with Crippen LogP contribution in [-0.2, 0) is 0 Å². The van der Waals surface area contributed by atoms with Crippen molar-refractivity contribution in [2.75, 3.05) is 0 Å². The van der Waals surface area contributed by atoms with Crippen molar-refractivity contribution >= 4 is 0 Å². The van der Waals surface area contributed by atoms with Gasteiger partial charge in [0.25, 0.3) is 0 Å². The van der Waals surface area contributed by atoms with E-state index in [1.165, 1.54) is 6.07 Å². The van der Waals surface area contributed by atoms with Crippen LogP contribution in [0.3, 0.4) is 0 Å². The Morgan fingerprint density at radius 3 is 2.79 bits per heavy atom. The van der Waals surface area contributed by atoms with E-state index < -0.39 is 0 Å². The Balaban J connectivity index is 2.77. The number of unbranched alkanes of at least 4 members (excludes halogenated alkanes) is 1. The fourth-order valence-electron chi connectivity index (χ4n) is 1.59. The molecule has 0 spiro atoms. The van der Waals surface area contributed by atoms with Crippen molar-refractivity contribution in [3.8, 4) is 0 Å². The number of benzene rings is 1. The second-order valence-electron chi connectivity index (χ2n) is 3.75. The van der Waals surface area contributed by atoms with Gasteiger partial charge >= 0.3 is 0 Å². The van der Waals surface area contributed by atoms with Crippen molar-refractivity contribution in [1.29, 1.82) is 0 Å². The molecule has 0 radical (unpaired) electrons. The molecule has 0 saturated carbocycles. The first-order valence-electron chi connectivity index (χ1n) is 5.16. The zero-order valence-corrected chi connectivity index (χ0v) is 8.89. The third kappa shape index (κ3) is 2.81. The van der Waals surface area contributed by atoms with Crippen LogP contribution in [0.4, 0.5) is 4.39 Å². The van der Waals surface area contributed by atoms with Crippen LogP contribution in [0.2, 0.25) is 0 Å². The van der Waals surface area contributed by atoms with Gasteiger partial charge in [-0.1, -0.05) is 25.8 Å². The van der Waals surface area contributed by atoms with Gasteiger partial charge in [-0.2, -0.15) is 0 Å². The van der Waals surface area contributed by atoms with Crippen LogP contribution >= 0.6 is 0 Å². The Kier molecular flexibility index (Phi) is 4.08. The third-order valence-electron chi connectivity index (χ3n) is 2.51. The lowest BCUT2D eigenvalue weighted by molar-refractivity contribution is 0.586. The molecule has 1 aromatic carbocycles. The molecule has 1 atom stereocenters. The van der Waals surface area contributed by atoms with E-state index in [9.17, 15) is 4.39 Å². The number of nitrogens with two attached hydrogens (primary N) is 1. The minimum Gasteiger partial charge on any atom is -0.324 e. The molecule has 0 saturated heterocycles. The maximum Gasteiger partial charge on any atom is 0.123 e. The third-order valence-corrected chi connectivity index (χ3v) is 2.51. The summed E-state index contributed by atoms with van der Waals surface area (Å²) in [5, 5.41) is 0. The first kappa shape index (κ1) is 11.2. The molecule has 0 heterocycles. The zero-order chi connectivity index (χ0) is 10.6. The van der Waals surface area contributed by atoms with E-state index in [0.29, 0.717) is 0 Å². The maximum atomic E-state index is 13.0. The molecule has 0 aliphatic heterocycles. The summed E-state index contributed by atoms with van der Waals surface area (Å²) >= 11 is 0. The molecule has 0 amide bonds. The molecule has 1 aromatic rings. The Labute approximate surface area is 85.1 Å². The number of halogens is 1. The average Bonchev–Trinajstić information content (AvgIpc) is 2.18. The first-order valence-corrected chi connectivity index (χ1v) is 5.16. The van der Waals surface area contributed by atoms with Gasteiger partial charge in [0.15, 0.2) is 0 Å². The van der Waals surface area contributed by atoms with Crippen molar-refractivity contribution in [1.82, 2.24) is 0 Å². The molecule has 78 valence electrons. The minimum absolute atomic E-state index is 0.0225. The number of hydrogen-bond acceptors (Lipinski definition) is 1. The highest BCUT2D eigenvalue weighted by atomic mass is 19.1. The number of aryl methyl sites for hydroxylation is 1. The zero-order valence-electron chi connectivity index (χ0n) is 8.89. The Bertz CT molecular complexity index is 296. The molecule has 1 nitrogen and oxygen atoms in total. The normalized spacial score (nSPS) is 12.9. The second kappa shape index (κ2) is 5.11. The van der Waals surface area contributed by atoms with Gasteiger partial charge in [-0.25, -0.2) is 4.39 Å². The quantitative estimate of drug-likeness (QED) is 0.783. The van der Waals surface area contributed by atoms with Gasteiger partial charge < -0.3 is 5.73 Å². The van der Waals surface area contributed by atoms with Crippen LogP contribution in [0.25, 0.3) is 0 Å². The van der Waals surface area contributed by atoms with Crippen LogP contribution in [0.15, 0.2) is 18.2 Å². The van der Waals surface area contributed by atoms with Gasteiger partial charge in [-0.3, -0.25) is 0 Å². The van der Waals surface area contributed by atoms with Crippen molar-refractivity contribution in [3.05, 3.63) is 35.1 Å². The molecule has 2 N–H and O–H groups in total. The lowest BCUT2D eigenvalue weighted by Crippen LogP contribution is -2.11. The maximum absolute atomic E-state index is 13.0. The predicted octanol–water partition coefficient (Wildman–Crippen LogP) is 3.32. The lowest BCUT2D eigenvalue weighted by atomic mass is 9.98. The smallest absolute Gasteiger partial charge is 0.123 e. The highest BCUT2D eigenvalue weighted by Crippen LogP contribution is 2.21. The highest BCUT2D eigenvalue weighted by Gasteiger charge is 2.08. The highest BCUT2D eigenvalue weighted by molar-refractivity contribution is 5.29. The van der Waals surface area contributed by atoms with Crippen LogP contribution in [0.1, 0.15) is 43.4 Å². The van der Waals surface area contributed by atoms with Gasteiger partial charge in [-0.15, -0.1) is 0 Å². The SMILES string of the molecule is CCCC[C@H](N)c1cc(F)ccc1C. The van der Waals surface area contributed by atoms with Crippen molar-refractivity contribution in [2.45, 2.75) is 39.2 Å². The van der Waals surface area contributed by atoms with Crippen molar-refractivity contribution in [2.24, 2.45) is 5.73 Å². The average molecular weight is 195 g/mol. The van der Waals surface area contributed by atoms with E-state index >= 15 is 0 Å². The first-order chi connectivity index (χ1) is 6.65.